The summed E-state index contributed by atoms with van der Waals surface area (Å²) >= 11 is 0. The summed E-state index contributed by atoms with van der Waals surface area (Å²) < 4.78 is 46.2. The van der Waals surface area contributed by atoms with Crippen LogP contribution in [-0.2, 0) is 13.2 Å². The smallest absolute Gasteiger partial charge is 0.416 e. The van der Waals surface area contributed by atoms with Crippen molar-refractivity contribution < 1.29 is 22.8 Å². The predicted molar refractivity (Wildman–Crippen MR) is 112 cm³/mol. The molecule has 0 aliphatic rings. The fourth-order valence-corrected chi connectivity index (χ4v) is 2.93. The average molecular weight is 456 g/mol. The fraction of sp³-hybridized carbons (Fsp3) is 0.0952. The lowest BCUT2D eigenvalue weighted by atomic mass is 10.1. The minimum absolute atomic E-state index is 0.00310. The number of anilines is 2. The van der Waals surface area contributed by atoms with Crippen molar-refractivity contribution in [2.24, 2.45) is 7.05 Å². The van der Waals surface area contributed by atoms with Gasteiger partial charge in [0, 0.05) is 25.5 Å². The third kappa shape index (κ3) is 5.06. The number of rotatable bonds is 6. The predicted octanol–water partition coefficient (Wildman–Crippen LogP) is 5.34. The van der Waals surface area contributed by atoms with E-state index in [1.54, 1.807) is 24.1 Å². The van der Waals surface area contributed by atoms with Gasteiger partial charge in [-0.3, -0.25) is 14.8 Å². The van der Waals surface area contributed by atoms with Crippen LogP contribution < -0.4 is 10.1 Å². The van der Waals surface area contributed by atoms with Crippen LogP contribution in [0.25, 0.3) is 11.1 Å². The minimum atomic E-state index is -4.48. The summed E-state index contributed by atoms with van der Waals surface area (Å²) in [6, 6.07) is 9.89. The zero-order valence-corrected chi connectivity index (χ0v) is 16.9. The van der Waals surface area contributed by atoms with Gasteiger partial charge < -0.3 is 10.1 Å². The van der Waals surface area contributed by atoms with Crippen LogP contribution in [0.3, 0.4) is 0 Å². The molecule has 0 unspecified atom stereocenters. The van der Waals surface area contributed by atoms with E-state index in [9.17, 15) is 23.3 Å². The molecule has 0 aliphatic carbocycles. The van der Waals surface area contributed by atoms with Crippen molar-refractivity contribution in [3.05, 3.63) is 82.8 Å². The van der Waals surface area contributed by atoms with Crippen molar-refractivity contribution in [1.82, 2.24) is 19.7 Å². The van der Waals surface area contributed by atoms with E-state index in [4.69, 9.17) is 4.74 Å². The van der Waals surface area contributed by atoms with Crippen molar-refractivity contribution >= 4 is 17.3 Å². The van der Waals surface area contributed by atoms with Crippen LogP contribution in [0.5, 0.6) is 11.6 Å². The summed E-state index contributed by atoms with van der Waals surface area (Å²) in [7, 11) is 1.73. The maximum atomic E-state index is 12.9. The topological polar surface area (TPSA) is 108 Å². The molecule has 0 atom stereocenters. The molecule has 0 fully saturated rings. The van der Waals surface area contributed by atoms with Gasteiger partial charge in [-0.05, 0) is 23.8 Å². The highest BCUT2D eigenvalue weighted by Crippen LogP contribution is 2.36. The van der Waals surface area contributed by atoms with E-state index in [2.05, 4.69) is 20.4 Å². The van der Waals surface area contributed by atoms with Crippen LogP contribution in [0, 0.1) is 10.1 Å². The summed E-state index contributed by atoms with van der Waals surface area (Å²) in [5.74, 6) is 0.263. The Morgan fingerprint density at radius 1 is 1.12 bits per heavy atom. The Labute approximate surface area is 184 Å². The Morgan fingerprint density at radius 2 is 1.88 bits per heavy atom. The molecule has 0 saturated carbocycles. The van der Waals surface area contributed by atoms with Gasteiger partial charge in [0.05, 0.1) is 34.0 Å². The number of nitro benzene ring substituents is 1. The van der Waals surface area contributed by atoms with Crippen LogP contribution in [0.15, 0.2) is 67.1 Å². The summed E-state index contributed by atoms with van der Waals surface area (Å²) in [4.78, 5) is 19.0. The molecule has 33 heavy (non-hydrogen) atoms. The van der Waals surface area contributed by atoms with Gasteiger partial charge in [0.15, 0.2) is 0 Å². The number of aryl methyl sites for hydroxylation is 1. The molecule has 0 radical (unpaired) electrons. The first-order chi connectivity index (χ1) is 15.7. The third-order valence-corrected chi connectivity index (χ3v) is 4.48. The maximum Gasteiger partial charge on any atom is 0.416 e. The number of halogens is 3. The van der Waals surface area contributed by atoms with Crippen LogP contribution in [0.2, 0.25) is 0 Å². The van der Waals surface area contributed by atoms with E-state index in [0.717, 1.165) is 12.1 Å². The van der Waals surface area contributed by atoms with Crippen molar-refractivity contribution in [3.8, 4) is 22.8 Å². The highest BCUT2D eigenvalue weighted by Gasteiger charge is 2.30. The maximum absolute atomic E-state index is 12.9. The number of ether oxygens (including phenoxy) is 1. The zero-order chi connectivity index (χ0) is 23.6. The molecule has 4 aromatic rings. The van der Waals surface area contributed by atoms with Gasteiger partial charge in [-0.15, -0.1) is 0 Å². The number of nitrogens with one attached hydrogen (secondary N) is 1. The van der Waals surface area contributed by atoms with Crippen LogP contribution in [0.4, 0.5) is 30.5 Å². The van der Waals surface area contributed by atoms with Crippen molar-refractivity contribution in [1.29, 1.82) is 0 Å². The number of alkyl halides is 3. The molecule has 0 spiro atoms. The standard InChI is InChI=1S/C21H15F3N6O3/c1-29-12-15(10-26-29)27-20-25-11-18(13-5-7-14(8-6-13)21(22,23)24)19(28-20)33-17-4-2-3-16(9-17)30(31)32/h2-12H,1H3,(H,25,27,28). The number of nitro groups is 1. The quantitative estimate of drug-likeness (QED) is 0.308. The molecule has 0 bridgehead atoms. The summed E-state index contributed by atoms with van der Waals surface area (Å²) in [6.07, 6.45) is 0.151. The molecule has 2 aromatic carbocycles. The van der Waals surface area contributed by atoms with Gasteiger partial charge in [0.1, 0.15) is 5.75 Å². The number of hydrogen-bond acceptors (Lipinski definition) is 7. The lowest BCUT2D eigenvalue weighted by Crippen LogP contribution is -2.04. The van der Waals surface area contributed by atoms with E-state index < -0.39 is 16.7 Å². The van der Waals surface area contributed by atoms with Crippen molar-refractivity contribution in [2.45, 2.75) is 6.18 Å². The molecular formula is C21H15F3N6O3. The first-order valence-electron chi connectivity index (χ1n) is 9.42. The number of nitrogens with zero attached hydrogens (tertiary/aromatic N) is 5. The highest BCUT2D eigenvalue weighted by atomic mass is 19.4. The molecule has 9 nitrogen and oxygen atoms in total. The second-order valence-corrected chi connectivity index (χ2v) is 6.87. The second kappa shape index (κ2) is 8.57. The summed E-state index contributed by atoms with van der Waals surface area (Å²) in [6.45, 7) is 0. The molecule has 0 amide bonds. The van der Waals surface area contributed by atoms with Crippen molar-refractivity contribution in [3.63, 3.8) is 0 Å². The summed E-state index contributed by atoms with van der Waals surface area (Å²) in [5, 5.41) is 18.1. The van der Waals surface area contributed by atoms with Gasteiger partial charge in [-0.25, -0.2) is 4.98 Å². The first-order valence-corrected chi connectivity index (χ1v) is 9.42. The SMILES string of the molecule is Cn1cc(Nc2ncc(-c3ccc(C(F)(F)F)cc3)c(Oc3cccc([N+](=O)[O-])c3)n2)cn1. The number of hydrogen-bond donors (Lipinski definition) is 1. The Bertz CT molecular complexity index is 1310. The molecule has 2 aromatic heterocycles. The highest BCUT2D eigenvalue weighted by molar-refractivity contribution is 5.70. The first kappa shape index (κ1) is 21.7. The van der Waals surface area contributed by atoms with Gasteiger partial charge in [0.2, 0.25) is 11.8 Å². The van der Waals surface area contributed by atoms with Crippen LogP contribution >= 0.6 is 0 Å². The van der Waals surface area contributed by atoms with E-state index in [-0.39, 0.29) is 23.3 Å². The largest absolute Gasteiger partial charge is 0.438 e. The van der Waals surface area contributed by atoms with E-state index in [1.165, 1.54) is 42.6 Å². The molecule has 0 saturated heterocycles. The lowest BCUT2D eigenvalue weighted by Gasteiger charge is -2.13. The molecule has 2 heterocycles. The number of benzene rings is 2. The molecule has 168 valence electrons. The average Bonchev–Trinajstić information content (AvgIpc) is 3.18. The van der Waals surface area contributed by atoms with Crippen molar-refractivity contribution in [2.75, 3.05) is 5.32 Å². The Balaban J connectivity index is 1.73. The second-order valence-electron chi connectivity index (χ2n) is 6.87. The number of aromatic nitrogens is 4. The van der Waals surface area contributed by atoms with Gasteiger partial charge >= 0.3 is 6.18 Å². The van der Waals surface area contributed by atoms with Gasteiger partial charge in [-0.2, -0.15) is 23.3 Å². The Hall–Kier alpha value is -4.48. The summed E-state index contributed by atoms with van der Waals surface area (Å²) in [5.41, 5.74) is 0.277. The number of non-ortho nitro benzene ring substituents is 1. The molecule has 12 heteroatoms. The van der Waals surface area contributed by atoms with Gasteiger partial charge in [0.25, 0.3) is 5.69 Å². The zero-order valence-electron chi connectivity index (χ0n) is 16.9. The van der Waals surface area contributed by atoms with E-state index >= 15 is 0 Å². The molecule has 0 aliphatic heterocycles. The van der Waals surface area contributed by atoms with E-state index in [0.29, 0.717) is 16.8 Å². The monoisotopic (exact) mass is 456 g/mol. The molecule has 1 N–H and O–H groups in total. The lowest BCUT2D eigenvalue weighted by molar-refractivity contribution is -0.384. The van der Waals surface area contributed by atoms with Crippen LogP contribution in [0.1, 0.15) is 5.56 Å². The minimum Gasteiger partial charge on any atom is -0.438 e. The normalized spacial score (nSPS) is 11.3. The van der Waals surface area contributed by atoms with E-state index in [1.807, 2.05) is 0 Å². The fourth-order valence-electron chi connectivity index (χ4n) is 2.93. The molecular weight excluding hydrogens is 441 g/mol. The van der Waals surface area contributed by atoms with Crippen LogP contribution in [-0.4, -0.2) is 24.7 Å². The Kier molecular flexibility index (Phi) is 5.65. The third-order valence-electron chi connectivity index (χ3n) is 4.48. The van der Waals surface area contributed by atoms with Gasteiger partial charge in [-0.1, -0.05) is 18.2 Å². The Morgan fingerprint density at radius 3 is 2.52 bits per heavy atom. The molecule has 4 rings (SSSR count).